The second-order valence-corrected chi connectivity index (χ2v) is 5.46. The van der Waals surface area contributed by atoms with Gasteiger partial charge in [0.05, 0.1) is 4.83 Å². The zero-order chi connectivity index (χ0) is 10.6. The number of nitrogens with zero attached hydrogens (tertiary/aromatic N) is 1. The number of likely N-dealkylation sites (tertiary alicyclic amines) is 1. The molecule has 82 valence electrons. The highest BCUT2D eigenvalue weighted by molar-refractivity contribution is 9.10. The Morgan fingerprint density at radius 1 is 1.57 bits per heavy atom. The molecular weight excluding hydrogens is 242 g/mol. The molecule has 2 atom stereocenters. The molecule has 1 fully saturated rings. The smallest absolute Gasteiger partial charge is 0.236 e. The van der Waals surface area contributed by atoms with E-state index in [1.165, 1.54) is 25.7 Å². The largest absolute Gasteiger partial charge is 0.339 e. The summed E-state index contributed by atoms with van der Waals surface area (Å²) in [4.78, 5) is 13.9. The van der Waals surface area contributed by atoms with Gasteiger partial charge in [-0.15, -0.1) is 0 Å². The number of amides is 1. The van der Waals surface area contributed by atoms with Crippen molar-refractivity contribution < 1.29 is 4.79 Å². The number of alkyl halides is 1. The van der Waals surface area contributed by atoms with E-state index in [0.717, 1.165) is 13.0 Å². The number of piperidine rings is 1. The Labute approximate surface area is 95.2 Å². The summed E-state index contributed by atoms with van der Waals surface area (Å²) in [5, 5.41) is 0. The molecule has 1 aliphatic heterocycles. The van der Waals surface area contributed by atoms with Crippen molar-refractivity contribution in [2.45, 2.75) is 56.8 Å². The number of carbonyl (C=O) groups excluding carboxylic acids is 1. The SMILES string of the molecule is CCCC1CCCCN1C(=O)C(C)Br. The molecule has 1 amide bonds. The third-order valence-electron chi connectivity index (χ3n) is 2.87. The van der Waals surface area contributed by atoms with Crippen LogP contribution in [0.3, 0.4) is 0 Å². The minimum absolute atomic E-state index is 0.0278. The Kier molecular flexibility index (Phi) is 4.93. The van der Waals surface area contributed by atoms with Gasteiger partial charge in [-0.1, -0.05) is 29.3 Å². The molecule has 0 radical (unpaired) electrons. The summed E-state index contributed by atoms with van der Waals surface area (Å²) in [6.45, 7) is 5.06. The van der Waals surface area contributed by atoms with Crippen molar-refractivity contribution in [1.82, 2.24) is 4.90 Å². The first kappa shape index (κ1) is 12.0. The molecule has 0 aromatic heterocycles. The van der Waals surface area contributed by atoms with Gasteiger partial charge < -0.3 is 4.90 Å². The molecule has 0 aromatic rings. The first-order valence-electron chi connectivity index (χ1n) is 5.61. The highest BCUT2D eigenvalue weighted by Gasteiger charge is 2.27. The van der Waals surface area contributed by atoms with E-state index in [0.29, 0.717) is 6.04 Å². The van der Waals surface area contributed by atoms with Crippen LogP contribution in [0.15, 0.2) is 0 Å². The van der Waals surface area contributed by atoms with Gasteiger partial charge in [0.15, 0.2) is 0 Å². The Bertz CT molecular complexity index is 192. The maximum absolute atomic E-state index is 11.9. The van der Waals surface area contributed by atoms with Crippen molar-refractivity contribution in [2.75, 3.05) is 6.54 Å². The van der Waals surface area contributed by atoms with E-state index >= 15 is 0 Å². The number of rotatable bonds is 3. The third-order valence-corrected chi connectivity index (χ3v) is 3.26. The second kappa shape index (κ2) is 5.74. The topological polar surface area (TPSA) is 20.3 Å². The Morgan fingerprint density at radius 3 is 2.86 bits per heavy atom. The van der Waals surface area contributed by atoms with Gasteiger partial charge >= 0.3 is 0 Å². The standard InChI is InChI=1S/C11H20BrNO/c1-3-6-10-7-4-5-8-13(10)11(14)9(2)12/h9-10H,3-8H2,1-2H3. The molecule has 1 saturated heterocycles. The van der Waals surface area contributed by atoms with E-state index < -0.39 is 0 Å². The molecule has 0 aromatic carbocycles. The predicted octanol–water partition coefficient (Wildman–Crippen LogP) is 2.95. The summed E-state index contributed by atoms with van der Waals surface area (Å²) in [7, 11) is 0. The maximum atomic E-state index is 11.9. The van der Waals surface area contributed by atoms with Gasteiger partial charge in [-0.2, -0.15) is 0 Å². The lowest BCUT2D eigenvalue weighted by atomic mass is 9.98. The van der Waals surface area contributed by atoms with Crippen molar-refractivity contribution >= 4 is 21.8 Å². The molecule has 1 heterocycles. The lowest BCUT2D eigenvalue weighted by Gasteiger charge is -2.36. The molecule has 0 spiro atoms. The molecule has 0 saturated carbocycles. The average Bonchev–Trinajstić information content (AvgIpc) is 2.18. The van der Waals surface area contributed by atoms with Crippen LogP contribution >= 0.6 is 15.9 Å². The van der Waals surface area contributed by atoms with Crippen LogP contribution in [-0.4, -0.2) is 28.2 Å². The van der Waals surface area contributed by atoms with Gasteiger partial charge in [0, 0.05) is 12.6 Å². The fourth-order valence-corrected chi connectivity index (χ4v) is 2.42. The molecule has 0 aliphatic carbocycles. The number of carbonyl (C=O) groups is 1. The summed E-state index contributed by atoms with van der Waals surface area (Å²) in [5.74, 6) is 0.267. The van der Waals surface area contributed by atoms with E-state index in [-0.39, 0.29) is 10.7 Å². The first-order valence-corrected chi connectivity index (χ1v) is 6.53. The van der Waals surface area contributed by atoms with E-state index in [2.05, 4.69) is 27.8 Å². The van der Waals surface area contributed by atoms with E-state index in [1.807, 2.05) is 6.92 Å². The van der Waals surface area contributed by atoms with Crippen molar-refractivity contribution in [3.8, 4) is 0 Å². The van der Waals surface area contributed by atoms with E-state index in [4.69, 9.17) is 0 Å². The normalized spacial score (nSPS) is 24.8. The summed E-state index contributed by atoms with van der Waals surface area (Å²) in [6.07, 6.45) is 5.98. The number of hydrogen-bond donors (Lipinski definition) is 0. The van der Waals surface area contributed by atoms with Crippen molar-refractivity contribution in [1.29, 1.82) is 0 Å². The average molecular weight is 262 g/mol. The molecule has 3 heteroatoms. The fraction of sp³-hybridized carbons (Fsp3) is 0.909. The molecular formula is C11H20BrNO. The van der Waals surface area contributed by atoms with E-state index in [1.54, 1.807) is 0 Å². The van der Waals surface area contributed by atoms with Gasteiger partial charge in [0.2, 0.25) is 5.91 Å². The Balaban J connectivity index is 2.57. The van der Waals surface area contributed by atoms with Gasteiger partial charge in [0.1, 0.15) is 0 Å². The summed E-state index contributed by atoms with van der Waals surface area (Å²) >= 11 is 3.36. The van der Waals surface area contributed by atoms with Crippen LogP contribution < -0.4 is 0 Å². The lowest BCUT2D eigenvalue weighted by molar-refractivity contribution is -0.133. The van der Waals surface area contributed by atoms with Gasteiger partial charge in [-0.3, -0.25) is 4.79 Å². The number of hydrogen-bond acceptors (Lipinski definition) is 1. The van der Waals surface area contributed by atoms with Crippen LogP contribution in [0.5, 0.6) is 0 Å². The van der Waals surface area contributed by atoms with Gasteiger partial charge in [0.25, 0.3) is 0 Å². The summed E-state index contributed by atoms with van der Waals surface area (Å²) in [5.41, 5.74) is 0. The van der Waals surface area contributed by atoms with Crippen LogP contribution in [0.4, 0.5) is 0 Å². The highest BCUT2D eigenvalue weighted by atomic mass is 79.9. The molecule has 1 rings (SSSR count). The summed E-state index contributed by atoms with van der Waals surface area (Å²) < 4.78 is 0. The minimum Gasteiger partial charge on any atom is -0.339 e. The zero-order valence-electron chi connectivity index (χ0n) is 9.13. The lowest BCUT2D eigenvalue weighted by Crippen LogP contribution is -2.46. The van der Waals surface area contributed by atoms with Crippen molar-refractivity contribution in [3.05, 3.63) is 0 Å². The number of halogens is 1. The van der Waals surface area contributed by atoms with Crippen LogP contribution in [-0.2, 0) is 4.79 Å². The van der Waals surface area contributed by atoms with Crippen LogP contribution in [0.2, 0.25) is 0 Å². The quantitative estimate of drug-likeness (QED) is 0.716. The molecule has 14 heavy (non-hydrogen) atoms. The van der Waals surface area contributed by atoms with Crippen LogP contribution in [0.25, 0.3) is 0 Å². The molecule has 0 N–H and O–H groups in total. The van der Waals surface area contributed by atoms with Gasteiger partial charge in [-0.05, 0) is 32.6 Å². The van der Waals surface area contributed by atoms with Crippen LogP contribution in [0.1, 0.15) is 46.0 Å². The fourth-order valence-electron chi connectivity index (χ4n) is 2.15. The Morgan fingerprint density at radius 2 is 2.29 bits per heavy atom. The molecule has 2 unspecified atom stereocenters. The maximum Gasteiger partial charge on any atom is 0.236 e. The first-order chi connectivity index (χ1) is 6.66. The molecule has 2 nitrogen and oxygen atoms in total. The van der Waals surface area contributed by atoms with Gasteiger partial charge in [-0.25, -0.2) is 0 Å². The summed E-state index contributed by atoms with van der Waals surface area (Å²) in [6, 6.07) is 0.501. The van der Waals surface area contributed by atoms with E-state index in [9.17, 15) is 4.79 Å². The van der Waals surface area contributed by atoms with Crippen molar-refractivity contribution in [2.24, 2.45) is 0 Å². The molecule has 1 aliphatic rings. The highest BCUT2D eigenvalue weighted by Crippen LogP contribution is 2.22. The second-order valence-electron chi connectivity index (χ2n) is 4.09. The monoisotopic (exact) mass is 261 g/mol. The van der Waals surface area contributed by atoms with Crippen molar-refractivity contribution in [3.63, 3.8) is 0 Å². The molecule has 0 bridgehead atoms. The predicted molar refractivity (Wildman–Crippen MR) is 62.6 cm³/mol. The minimum atomic E-state index is -0.0278. The third kappa shape index (κ3) is 2.97. The Hall–Kier alpha value is -0.0500. The zero-order valence-corrected chi connectivity index (χ0v) is 10.7. The van der Waals surface area contributed by atoms with Crippen LogP contribution in [0, 0.1) is 0 Å².